The highest BCUT2D eigenvalue weighted by molar-refractivity contribution is 14.1. The molecule has 0 saturated heterocycles. The van der Waals surface area contributed by atoms with Gasteiger partial charge >= 0.3 is 5.97 Å². The Kier molecular flexibility index (Phi) is 5.42. The molecule has 0 saturated carbocycles. The Morgan fingerprint density at radius 1 is 1.35 bits per heavy atom. The van der Waals surface area contributed by atoms with Gasteiger partial charge in [-0.15, -0.1) is 11.3 Å². The molecule has 2 aromatic rings. The van der Waals surface area contributed by atoms with Crippen LogP contribution < -0.4 is 4.74 Å². The van der Waals surface area contributed by atoms with Crippen molar-refractivity contribution in [3.05, 3.63) is 49.2 Å². The summed E-state index contributed by atoms with van der Waals surface area (Å²) in [5.41, 5.74) is 1.03. The second-order valence-corrected chi connectivity index (χ2v) is 6.76. The van der Waals surface area contributed by atoms with E-state index < -0.39 is 5.97 Å². The van der Waals surface area contributed by atoms with Crippen molar-refractivity contribution < 1.29 is 14.6 Å². The number of thiophene rings is 1. The van der Waals surface area contributed by atoms with Crippen molar-refractivity contribution in [3.63, 3.8) is 0 Å². The number of hydrogen-bond donors (Lipinski definition) is 1. The number of halogens is 1. The van der Waals surface area contributed by atoms with Gasteiger partial charge in [-0.05, 0) is 52.8 Å². The molecule has 0 unspecified atom stereocenters. The largest absolute Gasteiger partial charge is 0.487 e. The molecule has 20 heavy (non-hydrogen) atoms. The van der Waals surface area contributed by atoms with E-state index in [1.54, 1.807) is 0 Å². The third-order valence-corrected chi connectivity index (χ3v) is 4.63. The number of carboxylic acids is 1. The highest BCUT2D eigenvalue weighted by Gasteiger charge is 2.16. The van der Waals surface area contributed by atoms with Crippen LogP contribution in [0.2, 0.25) is 0 Å². The topological polar surface area (TPSA) is 46.5 Å². The zero-order valence-electron chi connectivity index (χ0n) is 11.1. The summed E-state index contributed by atoms with van der Waals surface area (Å²) < 4.78 is 6.84. The van der Waals surface area contributed by atoms with Gasteiger partial charge in [-0.1, -0.05) is 25.5 Å². The SMILES string of the molecule is CCCc1cc(OCc2ccc(I)cc2)c(C(=O)O)s1. The van der Waals surface area contributed by atoms with Crippen molar-refractivity contribution in [3.8, 4) is 5.75 Å². The Morgan fingerprint density at radius 2 is 2.05 bits per heavy atom. The number of hydrogen-bond acceptors (Lipinski definition) is 3. The average Bonchev–Trinajstić information content (AvgIpc) is 2.82. The predicted molar refractivity (Wildman–Crippen MR) is 88.8 cm³/mol. The van der Waals surface area contributed by atoms with Crippen molar-refractivity contribution >= 4 is 39.9 Å². The molecule has 1 N–H and O–H groups in total. The molecule has 106 valence electrons. The van der Waals surface area contributed by atoms with Crippen LogP contribution in [-0.4, -0.2) is 11.1 Å². The molecule has 0 aliphatic heterocycles. The third kappa shape index (κ3) is 3.96. The number of ether oxygens (including phenoxy) is 1. The predicted octanol–water partition coefficient (Wildman–Crippen LogP) is 4.58. The number of rotatable bonds is 6. The molecule has 0 aliphatic rings. The highest BCUT2D eigenvalue weighted by Crippen LogP contribution is 2.31. The van der Waals surface area contributed by atoms with E-state index in [0.29, 0.717) is 17.2 Å². The standard InChI is InChI=1S/C15H15IO3S/c1-2-3-12-8-13(14(20-12)15(17)18)19-9-10-4-6-11(16)7-5-10/h4-8H,2-3,9H2,1H3,(H,17,18). The fourth-order valence-electron chi connectivity index (χ4n) is 1.79. The van der Waals surface area contributed by atoms with E-state index in [1.165, 1.54) is 14.9 Å². The van der Waals surface area contributed by atoms with Crippen LogP contribution in [0.15, 0.2) is 30.3 Å². The lowest BCUT2D eigenvalue weighted by Gasteiger charge is -2.05. The number of carbonyl (C=O) groups is 1. The van der Waals surface area contributed by atoms with Gasteiger partial charge in [-0.3, -0.25) is 0 Å². The summed E-state index contributed by atoms with van der Waals surface area (Å²) in [6.07, 6.45) is 1.88. The van der Waals surface area contributed by atoms with Gasteiger partial charge in [0, 0.05) is 8.45 Å². The molecule has 0 atom stereocenters. The maximum Gasteiger partial charge on any atom is 0.349 e. The van der Waals surface area contributed by atoms with Crippen LogP contribution in [0, 0.1) is 3.57 Å². The zero-order chi connectivity index (χ0) is 14.5. The van der Waals surface area contributed by atoms with Crippen molar-refractivity contribution in [2.45, 2.75) is 26.4 Å². The van der Waals surface area contributed by atoms with Crippen LogP contribution in [0.25, 0.3) is 0 Å². The first-order valence-corrected chi connectivity index (χ1v) is 8.23. The van der Waals surface area contributed by atoms with Gasteiger partial charge in [0.05, 0.1) is 0 Å². The Balaban J connectivity index is 2.11. The molecule has 3 nitrogen and oxygen atoms in total. The molecule has 0 amide bonds. The monoisotopic (exact) mass is 402 g/mol. The van der Waals surface area contributed by atoms with Crippen LogP contribution in [-0.2, 0) is 13.0 Å². The number of aromatic carboxylic acids is 1. The first-order chi connectivity index (χ1) is 9.60. The number of carboxylic acid groups (broad SMARTS) is 1. The molecule has 0 aliphatic carbocycles. The van der Waals surface area contributed by atoms with Crippen LogP contribution in [0.3, 0.4) is 0 Å². The van der Waals surface area contributed by atoms with Gasteiger partial charge in [0.15, 0.2) is 4.88 Å². The quantitative estimate of drug-likeness (QED) is 0.720. The van der Waals surface area contributed by atoms with Crippen molar-refractivity contribution in [1.29, 1.82) is 0 Å². The Bertz CT molecular complexity index is 590. The molecule has 0 spiro atoms. The molecular weight excluding hydrogens is 387 g/mol. The molecule has 0 bridgehead atoms. The Labute approximate surface area is 135 Å². The third-order valence-electron chi connectivity index (χ3n) is 2.75. The zero-order valence-corrected chi connectivity index (χ0v) is 14.0. The first kappa shape index (κ1) is 15.3. The molecule has 0 fully saturated rings. The number of aryl methyl sites for hydroxylation is 1. The summed E-state index contributed by atoms with van der Waals surface area (Å²) in [6.45, 7) is 2.46. The Morgan fingerprint density at radius 3 is 2.65 bits per heavy atom. The Hall–Kier alpha value is -1.08. The first-order valence-electron chi connectivity index (χ1n) is 6.33. The van der Waals surface area contributed by atoms with Crippen molar-refractivity contribution in [2.24, 2.45) is 0 Å². The maximum atomic E-state index is 11.2. The van der Waals surface area contributed by atoms with E-state index in [-0.39, 0.29) is 0 Å². The van der Waals surface area contributed by atoms with Gasteiger partial charge < -0.3 is 9.84 Å². The summed E-state index contributed by atoms with van der Waals surface area (Å²) in [4.78, 5) is 12.6. The second kappa shape index (κ2) is 7.08. The summed E-state index contributed by atoms with van der Waals surface area (Å²) in [6, 6.07) is 9.84. The van der Waals surface area contributed by atoms with Crippen LogP contribution >= 0.6 is 33.9 Å². The van der Waals surface area contributed by atoms with Gasteiger partial charge in [0.1, 0.15) is 12.4 Å². The van der Waals surface area contributed by atoms with Gasteiger partial charge in [0.25, 0.3) is 0 Å². The molecule has 5 heteroatoms. The molecule has 1 heterocycles. The van der Waals surface area contributed by atoms with Crippen LogP contribution in [0.5, 0.6) is 5.75 Å². The average molecular weight is 402 g/mol. The van der Waals surface area contributed by atoms with Gasteiger partial charge in [-0.25, -0.2) is 4.79 Å². The maximum absolute atomic E-state index is 11.2. The van der Waals surface area contributed by atoms with Crippen LogP contribution in [0.1, 0.15) is 33.5 Å². The van der Waals surface area contributed by atoms with Gasteiger partial charge in [-0.2, -0.15) is 0 Å². The minimum atomic E-state index is -0.921. The normalized spacial score (nSPS) is 10.5. The van der Waals surface area contributed by atoms with Crippen molar-refractivity contribution in [2.75, 3.05) is 0 Å². The highest BCUT2D eigenvalue weighted by atomic mass is 127. The van der Waals surface area contributed by atoms with Crippen molar-refractivity contribution in [1.82, 2.24) is 0 Å². The molecule has 1 aromatic carbocycles. The smallest absolute Gasteiger partial charge is 0.349 e. The van der Waals surface area contributed by atoms with Crippen LogP contribution in [0.4, 0.5) is 0 Å². The molecule has 2 rings (SSSR count). The fraction of sp³-hybridized carbons (Fsp3) is 0.267. The van der Waals surface area contributed by atoms with E-state index in [0.717, 1.165) is 23.3 Å². The summed E-state index contributed by atoms with van der Waals surface area (Å²) in [5.74, 6) is -0.445. The van der Waals surface area contributed by atoms with E-state index in [9.17, 15) is 9.90 Å². The number of benzene rings is 1. The lowest BCUT2D eigenvalue weighted by Crippen LogP contribution is -2.00. The molecule has 1 aromatic heterocycles. The minimum absolute atomic E-state index is 0.291. The molecular formula is C15H15IO3S. The van der Waals surface area contributed by atoms with E-state index in [4.69, 9.17) is 4.74 Å². The van der Waals surface area contributed by atoms with E-state index in [2.05, 4.69) is 29.5 Å². The summed E-state index contributed by atoms with van der Waals surface area (Å²) in [7, 11) is 0. The lowest BCUT2D eigenvalue weighted by atomic mass is 10.2. The molecule has 0 radical (unpaired) electrons. The van der Waals surface area contributed by atoms with E-state index >= 15 is 0 Å². The van der Waals surface area contributed by atoms with Gasteiger partial charge in [0.2, 0.25) is 0 Å². The fourth-order valence-corrected chi connectivity index (χ4v) is 3.19. The summed E-state index contributed by atoms with van der Waals surface area (Å²) >= 11 is 3.55. The summed E-state index contributed by atoms with van der Waals surface area (Å²) in [5, 5.41) is 9.21. The minimum Gasteiger partial charge on any atom is -0.487 e. The van der Waals surface area contributed by atoms with E-state index in [1.807, 2.05) is 30.3 Å². The second-order valence-electron chi connectivity index (χ2n) is 4.38. The lowest BCUT2D eigenvalue weighted by molar-refractivity contribution is 0.0697.